The Morgan fingerprint density at radius 2 is 1.71 bits per heavy atom. The Labute approximate surface area is 108 Å². The van der Waals surface area contributed by atoms with Gasteiger partial charge in [0, 0.05) is 0 Å². The Kier molecular flexibility index (Phi) is 14.2. The summed E-state index contributed by atoms with van der Waals surface area (Å²) in [7, 11) is 0. The molecule has 1 nitrogen and oxygen atoms in total. The van der Waals surface area contributed by atoms with Gasteiger partial charge in [0.05, 0.1) is 6.10 Å². The fraction of sp³-hybridized carbons (Fsp3) is 0.625. The second-order valence-corrected chi connectivity index (χ2v) is 3.80. The van der Waals surface area contributed by atoms with Crippen molar-refractivity contribution >= 4 is 0 Å². The minimum absolute atomic E-state index is 0.266. The van der Waals surface area contributed by atoms with E-state index in [0.717, 1.165) is 12.2 Å². The number of ether oxygens (including phenoxy) is 1. The Morgan fingerprint density at radius 1 is 1.12 bits per heavy atom. The van der Waals surface area contributed by atoms with Gasteiger partial charge in [-0.15, -0.1) is 0 Å². The van der Waals surface area contributed by atoms with Crippen LogP contribution in [-0.4, -0.2) is 6.10 Å². The van der Waals surface area contributed by atoms with E-state index in [1.165, 1.54) is 0 Å². The highest BCUT2D eigenvalue weighted by molar-refractivity contribution is 5.17. The van der Waals surface area contributed by atoms with Crippen LogP contribution in [0.15, 0.2) is 36.1 Å². The maximum Gasteiger partial charge on any atom is 0.119 e. The van der Waals surface area contributed by atoms with Crippen LogP contribution in [-0.2, 0) is 4.74 Å². The summed E-state index contributed by atoms with van der Waals surface area (Å²) >= 11 is 0. The van der Waals surface area contributed by atoms with E-state index in [2.05, 4.69) is 20.8 Å². The van der Waals surface area contributed by atoms with Gasteiger partial charge in [-0.05, 0) is 38.8 Å². The number of rotatable bonds is 6. The average Bonchev–Trinajstić information content (AvgIpc) is 2.37. The molecule has 0 aromatic carbocycles. The Balaban J connectivity index is 0. The van der Waals surface area contributed by atoms with Crippen molar-refractivity contribution in [3.63, 3.8) is 0 Å². The van der Waals surface area contributed by atoms with E-state index in [1.54, 1.807) is 0 Å². The zero-order valence-electron chi connectivity index (χ0n) is 12.7. The van der Waals surface area contributed by atoms with Gasteiger partial charge in [-0.2, -0.15) is 0 Å². The number of hydrogen-bond acceptors (Lipinski definition) is 1. The molecule has 0 aromatic heterocycles. The van der Waals surface area contributed by atoms with Gasteiger partial charge < -0.3 is 4.74 Å². The molecule has 2 unspecified atom stereocenters. The molecule has 0 saturated carbocycles. The summed E-state index contributed by atoms with van der Waals surface area (Å²) in [5.41, 5.74) is 0. The highest BCUT2D eigenvalue weighted by Crippen LogP contribution is 2.15. The SMILES string of the molecule is CC.C\C=C/C=C(\C=C/C)OC(C)C(C)CC. The van der Waals surface area contributed by atoms with E-state index in [1.807, 2.05) is 58.1 Å². The van der Waals surface area contributed by atoms with Crippen molar-refractivity contribution in [3.05, 3.63) is 36.1 Å². The van der Waals surface area contributed by atoms with Crippen LogP contribution in [0.25, 0.3) is 0 Å². The fourth-order valence-corrected chi connectivity index (χ4v) is 1.15. The summed E-state index contributed by atoms with van der Waals surface area (Å²) in [6.07, 6.45) is 11.4. The summed E-state index contributed by atoms with van der Waals surface area (Å²) in [4.78, 5) is 0. The Hall–Kier alpha value is -0.980. The van der Waals surface area contributed by atoms with Gasteiger partial charge in [0.25, 0.3) is 0 Å². The van der Waals surface area contributed by atoms with Crippen LogP contribution in [0.1, 0.15) is 54.9 Å². The van der Waals surface area contributed by atoms with Gasteiger partial charge in [-0.25, -0.2) is 0 Å². The van der Waals surface area contributed by atoms with Gasteiger partial charge in [0.15, 0.2) is 0 Å². The van der Waals surface area contributed by atoms with E-state index in [9.17, 15) is 0 Å². The highest BCUT2D eigenvalue weighted by Gasteiger charge is 2.11. The molecule has 0 saturated heterocycles. The molecule has 1 heteroatoms. The van der Waals surface area contributed by atoms with Gasteiger partial charge in [0.2, 0.25) is 0 Å². The molecule has 0 fully saturated rings. The molecule has 0 amide bonds. The molecule has 0 radical (unpaired) electrons. The quantitative estimate of drug-likeness (QED) is 0.438. The molecule has 0 aliphatic heterocycles. The molecule has 0 rings (SSSR count). The summed E-state index contributed by atoms with van der Waals surface area (Å²) in [6.45, 7) is 14.5. The molecule has 0 aromatic rings. The zero-order valence-corrected chi connectivity index (χ0v) is 12.7. The first-order chi connectivity index (χ1) is 8.15. The first-order valence-electron chi connectivity index (χ1n) is 6.78. The number of hydrogen-bond donors (Lipinski definition) is 0. The van der Waals surface area contributed by atoms with Crippen molar-refractivity contribution < 1.29 is 4.74 Å². The lowest BCUT2D eigenvalue weighted by molar-refractivity contribution is 0.0917. The minimum atomic E-state index is 0.266. The fourth-order valence-electron chi connectivity index (χ4n) is 1.15. The third-order valence-electron chi connectivity index (χ3n) is 2.55. The topological polar surface area (TPSA) is 9.23 Å². The van der Waals surface area contributed by atoms with E-state index in [-0.39, 0.29) is 6.10 Å². The standard InChI is InChI=1S/C14H24O.C2H6/c1-6-9-11-14(10-7-2)15-13(5)12(4)8-3;1-2/h6-7,9-13H,8H2,1-5H3;1-2H3/b9-6-,10-7-,14-11+;. The van der Waals surface area contributed by atoms with Crippen LogP contribution >= 0.6 is 0 Å². The second-order valence-electron chi connectivity index (χ2n) is 3.80. The normalized spacial score (nSPS) is 15.6. The predicted molar refractivity (Wildman–Crippen MR) is 79.1 cm³/mol. The molecule has 0 aliphatic carbocycles. The third-order valence-corrected chi connectivity index (χ3v) is 2.55. The minimum Gasteiger partial charge on any atom is -0.490 e. The Bertz CT molecular complexity index is 236. The smallest absolute Gasteiger partial charge is 0.119 e. The molecule has 0 spiro atoms. The van der Waals surface area contributed by atoms with Gasteiger partial charge >= 0.3 is 0 Å². The molecular weight excluding hydrogens is 208 g/mol. The van der Waals surface area contributed by atoms with Crippen LogP contribution < -0.4 is 0 Å². The van der Waals surface area contributed by atoms with Crippen LogP contribution in [0.5, 0.6) is 0 Å². The molecule has 0 N–H and O–H groups in total. The first-order valence-corrected chi connectivity index (χ1v) is 6.78. The molecule has 17 heavy (non-hydrogen) atoms. The van der Waals surface area contributed by atoms with Crippen molar-refractivity contribution in [3.8, 4) is 0 Å². The lowest BCUT2D eigenvalue weighted by Gasteiger charge is -2.20. The second kappa shape index (κ2) is 13.1. The van der Waals surface area contributed by atoms with E-state index in [4.69, 9.17) is 4.74 Å². The predicted octanol–water partition coefficient (Wildman–Crippen LogP) is 5.50. The van der Waals surface area contributed by atoms with Crippen molar-refractivity contribution in [1.82, 2.24) is 0 Å². The maximum atomic E-state index is 5.87. The molecule has 100 valence electrons. The van der Waals surface area contributed by atoms with E-state index >= 15 is 0 Å². The molecule has 2 atom stereocenters. The number of allylic oxidation sites excluding steroid dienone is 5. The van der Waals surface area contributed by atoms with Gasteiger partial charge in [-0.3, -0.25) is 0 Å². The van der Waals surface area contributed by atoms with Crippen LogP contribution in [0.2, 0.25) is 0 Å². The molecule has 0 heterocycles. The van der Waals surface area contributed by atoms with Crippen LogP contribution in [0, 0.1) is 5.92 Å². The molecule has 0 aliphatic rings. The first kappa shape index (κ1) is 18.4. The average molecular weight is 238 g/mol. The van der Waals surface area contributed by atoms with Crippen molar-refractivity contribution in [2.75, 3.05) is 0 Å². The summed E-state index contributed by atoms with van der Waals surface area (Å²) in [5.74, 6) is 1.52. The van der Waals surface area contributed by atoms with Crippen molar-refractivity contribution in [2.45, 2.75) is 61.0 Å². The van der Waals surface area contributed by atoms with Crippen LogP contribution in [0.3, 0.4) is 0 Å². The van der Waals surface area contributed by atoms with Crippen LogP contribution in [0.4, 0.5) is 0 Å². The maximum absolute atomic E-state index is 5.87. The van der Waals surface area contributed by atoms with Gasteiger partial charge in [0.1, 0.15) is 5.76 Å². The highest BCUT2D eigenvalue weighted by atomic mass is 16.5. The summed E-state index contributed by atoms with van der Waals surface area (Å²) in [5, 5.41) is 0. The van der Waals surface area contributed by atoms with Crippen molar-refractivity contribution in [1.29, 1.82) is 0 Å². The summed E-state index contributed by atoms with van der Waals surface area (Å²) < 4.78 is 5.87. The molecule has 0 bridgehead atoms. The largest absolute Gasteiger partial charge is 0.490 e. The lowest BCUT2D eigenvalue weighted by Crippen LogP contribution is -2.16. The van der Waals surface area contributed by atoms with Crippen molar-refractivity contribution in [2.24, 2.45) is 5.92 Å². The van der Waals surface area contributed by atoms with Gasteiger partial charge in [-0.1, -0.05) is 52.3 Å². The van der Waals surface area contributed by atoms with E-state index < -0.39 is 0 Å². The monoisotopic (exact) mass is 238 g/mol. The summed E-state index contributed by atoms with van der Waals surface area (Å²) in [6, 6.07) is 0. The van der Waals surface area contributed by atoms with E-state index in [0.29, 0.717) is 5.92 Å². The third kappa shape index (κ3) is 9.92. The molecular formula is C16H30O. The lowest BCUT2D eigenvalue weighted by atomic mass is 10.0. The Morgan fingerprint density at radius 3 is 2.12 bits per heavy atom. The zero-order chi connectivity index (χ0) is 13.7.